The lowest BCUT2D eigenvalue weighted by molar-refractivity contribution is -0.124. The van der Waals surface area contributed by atoms with E-state index in [0.717, 1.165) is 18.4 Å². The minimum atomic E-state index is -0.596. The second-order valence-corrected chi connectivity index (χ2v) is 6.69. The summed E-state index contributed by atoms with van der Waals surface area (Å²) in [6.07, 6.45) is 6.04. The molecule has 0 radical (unpaired) electrons. The summed E-state index contributed by atoms with van der Waals surface area (Å²) >= 11 is 0. The topological polar surface area (TPSA) is 77.5 Å². The van der Waals surface area contributed by atoms with E-state index in [-0.39, 0.29) is 24.1 Å². The number of aryl methyl sites for hydroxylation is 2. The van der Waals surface area contributed by atoms with Crippen LogP contribution < -0.4 is 10.1 Å². The number of nitrogens with zero attached hydrogens (tertiary/aromatic N) is 1. The zero-order valence-corrected chi connectivity index (χ0v) is 15.7. The fraction of sp³-hybridized carbons (Fsp3) is 0.381. The minimum Gasteiger partial charge on any atom is -0.481 e. The number of aromatic nitrogens is 1. The second kappa shape index (κ2) is 8.66. The van der Waals surface area contributed by atoms with Crippen LogP contribution >= 0.6 is 0 Å². The number of methoxy groups -OCH3 is 1. The molecule has 0 saturated heterocycles. The predicted molar refractivity (Wildman–Crippen MR) is 101 cm³/mol. The van der Waals surface area contributed by atoms with Gasteiger partial charge in [-0.1, -0.05) is 18.2 Å². The van der Waals surface area contributed by atoms with E-state index in [2.05, 4.69) is 28.5 Å². The number of hydrogen-bond acceptors (Lipinski definition) is 5. The van der Waals surface area contributed by atoms with E-state index in [9.17, 15) is 9.59 Å². The first-order valence-corrected chi connectivity index (χ1v) is 9.15. The van der Waals surface area contributed by atoms with E-state index < -0.39 is 5.97 Å². The van der Waals surface area contributed by atoms with Gasteiger partial charge in [-0.3, -0.25) is 4.79 Å². The largest absolute Gasteiger partial charge is 0.481 e. The average molecular weight is 368 g/mol. The molecule has 6 heteroatoms. The molecule has 1 amide bonds. The number of carbonyl (C=O) groups is 2. The van der Waals surface area contributed by atoms with Gasteiger partial charge < -0.3 is 14.8 Å². The number of esters is 1. The van der Waals surface area contributed by atoms with Crippen LogP contribution in [0.1, 0.15) is 52.9 Å². The van der Waals surface area contributed by atoms with Gasteiger partial charge in [-0.2, -0.15) is 0 Å². The van der Waals surface area contributed by atoms with Crippen LogP contribution in [0, 0.1) is 0 Å². The Morgan fingerprint density at radius 2 is 1.93 bits per heavy atom. The van der Waals surface area contributed by atoms with E-state index >= 15 is 0 Å². The first kappa shape index (κ1) is 18.9. The third-order valence-electron chi connectivity index (χ3n) is 4.77. The molecule has 1 N–H and O–H groups in total. The molecule has 27 heavy (non-hydrogen) atoms. The van der Waals surface area contributed by atoms with Gasteiger partial charge in [0.05, 0.1) is 18.7 Å². The van der Waals surface area contributed by atoms with Gasteiger partial charge in [0.25, 0.3) is 5.91 Å². The highest BCUT2D eigenvalue weighted by Crippen LogP contribution is 2.24. The van der Waals surface area contributed by atoms with E-state index in [0.29, 0.717) is 5.88 Å². The maximum Gasteiger partial charge on any atom is 0.340 e. The normalized spacial score (nSPS) is 14.0. The molecule has 1 heterocycles. The van der Waals surface area contributed by atoms with Crippen molar-refractivity contribution in [3.05, 3.63) is 58.8 Å². The van der Waals surface area contributed by atoms with Crippen LogP contribution in [0.4, 0.5) is 0 Å². The summed E-state index contributed by atoms with van der Waals surface area (Å²) in [5.74, 6) is -0.528. The van der Waals surface area contributed by atoms with E-state index in [1.54, 1.807) is 12.1 Å². The van der Waals surface area contributed by atoms with Crippen molar-refractivity contribution in [1.29, 1.82) is 0 Å². The number of rotatable bonds is 6. The molecule has 1 aromatic carbocycles. The van der Waals surface area contributed by atoms with Crippen molar-refractivity contribution >= 4 is 11.9 Å². The zero-order chi connectivity index (χ0) is 19.2. The van der Waals surface area contributed by atoms with E-state index in [1.165, 1.54) is 37.3 Å². The molecular weight excluding hydrogens is 344 g/mol. The lowest BCUT2D eigenvalue weighted by Crippen LogP contribution is -2.31. The van der Waals surface area contributed by atoms with Crippen molar-refractivity contribution in [1.82, 2.24) is 10.3 Å². The third kappa shape index (κ3) is 4.84. The number of ether oxygens (including phenoxy) is 2. The lowest BCUT2D eigenvalue weighted by Gasteiger charge is -2.20. The first-order chi connectivity index (χ1) is 13.1. The van der Waals surface area contributed by atoms with Gasteiger partial charge in [0, 0.05) is 12.3 Å². The molecular formula is C21H24N2O4. The summed E-state index contributed by atoms with van der Waals surface area (Å²) in [6, 6.07) is 9.35. The highest BCUT2D eigenvalue weighted by atomic mass is 16.5. The second-order valence-electron chi connectivity index (χ2n) is 6.69. The Morgan fingerprint density at radius 1 is 1.15 bits per heavy atom. The molecule has 0 fully saturated rings. The third-order valence-corrected chi connectivity index (χ3v) is 4.77. The number of amides is 1. The Balaban J connectivity index is 1.51. The van der Waals surface area contributed by atoms with Gasteiger partial charge in [-0.15, -0.1) is 0 Å². The van der Waals surface area contributed by atoms with Gasteiger partial charge in [-0.05, 0) is 55.4 Å². The fourth-order valence-electron chi connectivity index (χ4n) is 3.23. The molecule has 1 atom stereocenters. The van der Waals surface area contributed by atoms with Gasteiger partial charge >= 0.3 is 5.97 Å². The summed E-state index contributed by atoms with van der Waals surface area (Å²) in [5, 5.41) is 2.88. The minimum absolute atomic E-state index is 0.147. The van der Waals surface area contributed by atoms with Crippen molar-refractivity contribution in [3.8, 4) is 5.88 Å². The van der Waals surface area contributed by atoms with Crippen molar-refractivity contribution in [2.24, 2.45) is 0 Å². The van der Waals surface area contributed by atoms with Crippen molar-refractivity contribution < 1.29 is 19.1 Å². The van der Waals surface area contributed by atoms with Crippen molar-refractivity contribution in [3.63, 3.8) is 0 Å². The van der Waals surface area contributed by atoms with Crippen LogP contribution in [0.5, 0.6) is 5.88 Å². The van der Waals surface area contributed by atoms with Crippen LogP contribution in [-0.2, 0) is 22.4 Å². The van der Waals surface area contributed by atoms with E-state index in [1.807, 2.05) is 6.92 Å². The quantitative estimate of drug-likeness (QED) is 0.793. The predicted octanol–water partition coefficient (Wildman–Crippen LogP) is 3.00. The first-order valence-electron chi connectivity index (χ1n) is 9.15. The Bertz CT molecular complexity index is 817. The van der Waals surface area contributed by atoms with Crippen LogP contribution in [0.25, 0.3) is 0 Å². The molecule has 3 rings (SSSR count). The molecule has 0 spiro atoms. The molecule has 1 aliphatic rings. The molecule has 2 aromatic rings. The number of benzene rings is 1. The maximum atomic E-state index is 12.1. The van der Waals surface area contributed by atoms with Gasteiger partial charge in [0.15, 0.2) is 6.61 Å². The summed E-state index contributed by atoms with van der Waals surface area (Å²) in [5.41, 5.74) is 4.12. The Hall–Kier alpha value is -2.89. The van der Waals surface area contributed by atoms with Crippen LogP contribution in [-0.4, -0.2) is 30.6 Å². The summed E-state index contributed by atoms with van der Waals surface area (Å²) in [6.45, 7) is 1.60. The maximum absolute atomic E-state index is 12.1. The van der Waals surface area contributed by atoms with Crippen molar-refractivity contribution in [2.45, 2.75) is 38.6 Å². The molecule has 1 unspecified atom stereocenters. The molecule has 0 bridgehead atoms. The highest BCUT2D eigenvalue weighted by molar-refractivity contribution is 5.91. The monoisotopic (exact) mass is 368 g/mol. The van der Waals surface area contributed by atoms with Gasteiger partial charge in [-0.25, -0.2) is 9.78 Å². The van der Waals surface area contributed by atoms with Gasteiger partial charge in [0.1, 0.15) is 0 Å². The smallest absolute Gasteiger partial charge is 0.340 e. The molecule has 0 aliphatic heterocycles. The van der Waals surface area contributed by atoms with Crippen LogP contribution in [0.2, 0.25) is 0 Å². The average Bonchev–Trinajstić information content (AvgIpc) is 2.71. The molecule has 1 aliphatic carbocycles. The Morgan fingerprint density at radius 3 is 2.63 bits per heavy atom. The molecule has 1 aromatic heterocycles. The SMILES string of the molecule is COc1ccc(C(=O)OCC(=O)NC(C)c2ccc3c(c2)CCCC3)cn1. The zero-order valence-electron chi connectivity index (χ0n) is 15.7. The number of hydrogen-bond donors (Lipinski definition) is 1. The number of pyridine rings is 1. The molecule has 6 nitrogen and oxygen atoms in total. The number of fused-ring (bicyclic) bond motifs is 1. The van der Waals surface area contributed by atoms with E-state index in [4.69, 9.17) is 9.47 Å². The van der Waals surface area contributed by atoms with Crippen molar-refractivity contribution in [2.75, 3.05) is 13.7 Å². The summed E-state index contributed by atoms with van der Waals surface area (Å²) in [4.78, 5) is 28.1. The molecule has 0 saturated carbocycles. The fourth-order valence-corrected chi connectivity index (χ4v) is 3.23. The Labute approximate surface area is 158 Å². The number of carbonyl (C=O) groups excluding carboxylic acids is 2. The van der Waals surface area contributed by atoms with Gasteiger partial charge in [0.2, 0.25) is 5.88 Å². The lowest BCUT2D eigenvalue weighted by atomic mass is 9.89. The van der Waals surface area contributed by atoms with Crippen LogP contribution in [0.15, 0.2) is 36.5 Å². The highest BCUT2D eigenvalue weighted by Gasteiger charge is 2.16. The van der Waals surface area contributed by atoms with Crippen LogP contribution in [0.3, 0.4) is 0 Å². The standard InChI is InChI=1S/C21H24N2O4/c1-14(16-8-7-15-5-3-4-6-17(15)11-16)23-19(24)13-27-21(25)18-9-10-20(26-2)22-12-18/h7-12,14H,3-6,13H2,1-2H3,(H,23,24). The summed E-state index contributed by atoms with van der Waals surface area (Å²) < 4.78 is 10.00. The summed E-state index contributed by atoms with van der Waals surface area (Å²) in [7, 11) is 1.49. The number of nitrogens with one attached hydrogen (secondary N) is 1. The Kier molecular flexibility index (Phi) is 6.06. The molecule has 142 valence electrons.